The lowest BCUT2D eigenvalue weighted by Gasteiger charge is -1.99. The van der Waals surface area contributed by atoms with E-state index >= 15 is 0 Å². The minimum Gasteiger partial charge on any atom is -0.358 e. The van der Waals surface area contributed by atoms with Crippen molar-refractivity contribution in [2.45, 2.75) is 20.0 Å². The normalized spacial score (nSPS) is 10.8. The highest BCUT2D eigenvalue weighted by atomic mass is 35.5. The molecule has 130 valence electrons. The molecule has 0 saturated carbocycles. The summed E-state index contributed by atoms with van der Waals surface area (Å²) in [4.78, 5) is 22.1. The number of anilines is 1. The van der Waals surface area contributed by atoms with Crippen LogP contribution < -0.4 is 5.32 Å². The first-order chi connectivity index (χ1) is 12.0. The lowest BCUT2D eigenvalue weighted by atomic mass is 10.3. The number of hydrogen-bond acceptors (Lipinski definition) is 6. The van der Waals surface area contributed by atoms with E-state index in [4.69, 9.17) is 11.6 Å². The molecule has 0 atom stereocenters. The highest BCUT2D eigenvalue weighted by Gasteiger charge is 2.25. The predicted molar refractivity (Wildman–Crippen MR) is 87.4 cm³/mol. The second-order valence-corrected chi connectivity index (χ2v) is 5.45. The van der Waals surface area contributed by atoms with Crippen LogP contribution in [0, 0.1) is 10.1 Å². The number of H-pyrrole nitrogens is 1. The smallest absolute Gasteiger partial charge is 0.358 e. The molecule has 0 aliphatic heterocycles. The van der Waals surface area contributed by atoms with Crippen LogP contribution in [0.15, 0.2) is 24.8 Å². The summed E-state index contributed by atoms with van der Waals surface area (Å²) in [6, 6.07) is 0. The molecule has 3 heterocycles. The van der Waals surface area contributed by atoms with Crippen molar-refractivity contribution < 1.29 is 9.72 Å². The van der Waals surface area contributed by atoms with Gasteiger partial charge < -0.3 is 15.4 Å². The minimum atomic E-state index is -0.749. The number of hydrogen-bond donors (Lipinski definition) is 2. The lowest BCUT2D eigenvalue weighted by molar-refractivity contribution is -0.389. The van der Waals surface area contributed by atoms with E-state index in [1.807, 2.05) is 13.1 Å². The van der Waals surface area contributed by atoms with Crippen molar-refractivity contribution >= 4 is 29.0 Å². The average molecular weight is 365 g/mol. The predicted octanol–water partition coefficient (Wildman–Crippen LogP) is 1.68. The van der Waals surface area contributed by atoms with E-state index in [1.165, 1.54) is 6.20 Å². The third kappa shape index (κ3) is 3.50. The van der Waals surface area contributed by atoms with Crippen LogP contribution in [0.25, 0.3) is 0 Å². The van der Waals surface area contributed by atoms with E-state index < -0.39 is 16.6 Å². The Kier molecular flexibility index (Phi) is 4.48. The Balaban J connectivity index is 1.68. The van der Waals surface area contributed by atoms with E-state index in [0.717, 1.165) is 12.1 Å². The number of aromatic amines is 1. The number of nitro groups is 1. The fraction of sp³-hybridized carbons (Fsp3) is 0.231. The van der Waals surface area contributed by atoms with Gasteiger partial charge in [-0.2, -0.15) is 10.2 Å². The molecule has 0 aromatic carbocycles. The van der Waals surface area contributed by atoms with Crippen LogP contribution in [-0.4, -0.2) is 40.6 Å². The maximum atomic E-state index is 12.1. The quantitative estimate of drug-likeness (QED) is 0.504. The molecule has 3 aromatic heterocycles. The Morgan fingerprint density at radius 2 is 2.12 bits per heavy atom. The van der Waals surface area contributed by atoms with Gasteiger partial charge in [0.05, 0.1) is 24.6 Å². The molecule has 3 aromatic rings. The molecular weight excluding hydrogens is 352 g/mol. The van der Waals surface area contributed by atoms with Crippen molar-refractivity contribution in [3.8, 4) is 0 Å². The van der Waals surface area contributed by atoms with Crippen LogP contribution in [0.5, 0.6) is 0 Å². The number of nitrogens with one attached hydrogen (secondary N) is 2. The molecule has 1 amide bonds. The van der Waals surface area contributed by atoms with E-state index in [-0.39, 0.29) is 10.7 Å². The highest BCUT2D eigenvalue weighted by Crippen LogP contribution is 2.25. The Morgan fingerprint density at radius 1 is 1.36 bits per heavy atom. The minimum absolute atomic E-state index is 0.259. The molecule has 2 N–H and O–H groups in total. The van der Waals surface area contributed by atoms with Gasteiger partial charge in [0.25, 0.3) is 5.91 Å². The van der Waals surface area contributed by atoms with Gasteiger partial charge in [-0.25, -0.2) is 0 Å². The summed E-state index contributed by atoms with van der Waals surface area (Å²) in [7, 11) is 0. The summed E-state index contributed by atoms with van der Waals surface area (Å²) in [5, 5.41) is 26.9. The summed E-state index contributed by atoms with van der Waals surface area (Å²) < 4.78 is 3.43. The summed E-state index contributed by atoms with van der Waals surface area (Å²) >= 11 is 5.78. The van der Waals surface area contributed by atoms with Crippen LogP contribution >= 0.6 is 11.6 Å². The first-order valence-electron chi connectivity index (χ1n) is 7.21. The number of carbonyl (C=O) groups excluding carboxylic acids is 1. The van der Waals surface area contributed by atoms with Crippen LogP contribution in [0.4, 0.5) is 11.5 Å². The summed E-state index contributed by atoms with van der Waals surface area (Å²) in [6.07, 6.45) is 6.72. The molecule has 25 heavy (non-hydrogen) atoms. The van der Waals surface area contributed by atoms with Gasteiger partial charge in [-0.15, -0.1) is 5.10 Å². The van der Waals surface area contributed by atoms with Gasteiger partial charge in [-0.05, 0) is 11.8 Å². The van der Waals surface area contributed by atoms with Crippen molar-refractivity contribution in [3.63, 3.8) is 0 Å². The Bertz CT molecular complexity index is 928. The van der Waals surface area contributed by atoms with Gasteiger partial charge in [0, 0.05) is 24.5 Å². The van der Waals surface area contributed by atoms with Crippen LogP contribution in [0.1, 0.15) is 23.0 Å². The van der Waals surface area contributed by atoms with Crippen LogP contribution in [0.3, 0.4) is 0 Å². The number of aryl methyl sites for hydroxylation is 1. The zero-order chi connectivity index (χ0) is 18.0. The molecule has 11 nitrogen and oxygen atoms in total. The fourth-order valence-electron chi connectivity index (χ4n) is 2.14. The highest BCUT2D eigenvalue weighted by molar-refractivity contribution is 6.35. The van der Waals surface area contributed by atoms with Crippen LogP contribution in [0.2, 0.25) is 5.02 Å². The first kappa shape index (κ1) is 16.6. The van der Waals surface area contributed by atoms with Gasteiger partial charge in [0.2, 0.25) is 0 Å². The molecule has 0 spiro atoms. The Labute approximate surface area is 145 Å². The fourth-order valence-corrected chi connectivity index (χ4v) is 2.38. The first-order valence-corrected chi connectivity index (χ1v) is 7.59. The molecule has 3 rings (SSSR count). The number of nitrogens with zero attached hydrogens (tertiary/aromatic N) is 6. The molecule has 0 unspecified atom stereocenters. The van der Waals surface area contributed by atoms with Crippen molar-refractivity contribution in [3.05, 3.63) is 51.2 Å². The van der Waals surface area contributed by atoms with Crippen molar-refractivity contribution in [1.82, 2.24) is 29.8 Å². The maximum absolute atomic E-state index is 12.1. The van der Waals surface area contributed by atoms with Gasteiger partial charge in [-0.3, -0.25) is 14.2 Å². The van der Waals surface area contributed by atoms with Gasteiger partial charge >= 0.3 is 5.82 Å². The summed E-state index contributed by atoms with van der Waals surface area (Å²) in [5.41, 5.74) is 1.12. The van der Waals surface area contributed by atoms with E-state index in [2.05, 4.69) is 25.7 Å². The summed E-state index contributed by atoms with van der Waals surface area (Å²) in [5.74, 6) is -1.21. The van der Waals surface area contributed by atoms with Gasteiger partial charge in [0.1, 0.15) is 0 Å². The Morgan fingerprint density at radius 3 is 2.76 bits per heavy atom. The van der Waals surface area contributed by atoms with E-state index in [0.29, 0.717) is 12.2 Å². The van der Waals surface area contributed by atoms with Crippen LogP contribution in [-0.2, 0) is 13.1 Å². The zero-order valence-electron chi connectivity index (χ0n) is 13.0. The lowest BCUT2D eigenvalue weighted by Crippen LogP contribution is -2.12. The molecule has 0 fully saturated rings. The van der Waals surface area contributed by atoms with Gasteiger partial charge in [0.15, 0.2) is 10.7 Å². The second kappa shape index (κ2) is 6.73. The third-order valence-corrected chi connectivity index (χ3v) is 3.69. The van der Waals surface area contributed by atoms with Gasteiger partial charge in [-0.1, -0.05) is 16.7 Å². The molecule has 0 aliphatic carbocycles. The number of aromatic nitrogens is 6. The number of carbonyl (C=O) groups is 1. The number of amides is 1. The SMILES string of the molecule is CCn1cc(Cn2cc(NC(=O)c3n[nH]c([N+](=O)[O-])c3Cl)cn2)cn1. The second-order valence-electron chi connectivity index (χ2n) is 5.08. The molecule has 0 bridgehead atoms. The molecule has 0 radical (unpaired) electrons. The van der Waals surface area contributed by atoms with Crippen molar-refractivity contribution in [1.29, 1.82) is 0 Å². The zero-order valence-corrected chi connectivity index (χ0v) is 13.8. The number of halogens is 1. The maximum Gasteiger partial charge on any atom is 0.362 e. The largest absolute Gasteiger partial charge is 0.362 e. The van der Waals surface area contributed by atoms with Crippen molar-refractivity contribution in [2.75, 3.05) is 5.32 Å². The Hall–Kier alpha value is -3.21. The monoisotopic (exact) mass is 364 g/mol. The van der Waals surface area contributed by atoms with E-state index in [9.17, 15) is 14.9 Å². The molecular formula is C13H13ClN8O3. The van der Waals surface area contributed by atoms with E-state index in [1.54, 1.807) is 21.8 Å². The topological polar surface area (TPSA) is 137 Å². The molecule has 12 heteroatoms. The molecule has 0 aliphatic rings. The third-order valence-electron chi connectivity index (χ3n) is 3.33. The number of rotatable bonds is 6. The van der Waals surface area contributed by atoms with Crippen molar-refractivity contribution in [2.24, 2.45) is 0 Å². The summed E-state index contributed by atoms with van der Waals surface area (Å²) in [6.45, 7) is 3.25. The average Bonchev–Trinajstić information content (AvgIpc) is 3.28. The standard InChI is InChI=1S/C13H13ClN8O3/c1-2-20-5-8(3-15-20)6-21-7-9(4-16-21)17-13(23)11-10(14)12(19-18-11)22(24)25/h3-5,7H,2,6H2,1H3,(H,17,23)(H,18,19). The molecule has 0 saturated heterocycles.